The summed E-state index contributed by atoms with van der Waals surface area (Å²) in [7, 11) is 0. The van der Waals surface area contributed by atoms with Gasteiger partial charge in [0.25, 0.3) is 0 Å². The molecule has 1 aliphatic rings. The lowest BCUT2D eigenvalue weighted by Crippen LogP contribution is -2.33. The number of amides is 2. The molecule has 35 heavy (non-hydrogen) atoms. The Labute approximate surface area is 201 Å². The van der Waals surface area contributed by atoms with E-state index in [1.165, 1.54) is 24.1 Å². The van der Waals surface area contributed by atoms with E-state index in [1.54, 1.807) is 42.1 Å². The molecule has 0 spiro atoms. The number of hydrogen-bond donors (Lipinski definition) is 1. The molecule has 0 aliphatic carbocycles. The SMILES string of the molecule is CCOC(=O)c1cnn(Cc2ccc(-c3ccc(N4CC(CNC(C)=O)OC4=O)cc3F)cc2)c1. The van der Waals surface area contributed by atoms with Crippen molar-refractivity contribution in [2.75, 3.05) is 24.6 Å². The number of benzene rings is 2. The summed E-state index contributed by atoms with van der Waals surface area (Å²) in [6.45, 7) is 4.29. The number of ether oxygens (including phenoxy) is 2. The molecular weight excluding hydrogens is 455 g/mol. The average Bonchev–Trinajstić information content (AvgIpc) is 3.45. The van der Waals surface area contributed by atoms with Gasteiger partial charge >= 0.3 is 12.1 Å². The molecule has 1 fully saturated rings. The van der Waals surface area contributed by atoms with E-state index < -0.39 is 24.0 Å². The topological polar surface area (TPSA) is 103 Å². The van der Waals surface area contributed by atoms with Crippen molar-refractivity contribution in [3.63, 3.8) is 0 Å². The second-order valence-electron chi connectivity index (χ2n) is 8.06. The standard InChI is InChI=1S/C25H25FN4O5/c1-3-34-24(32)19-11-28-29(14-19)13-17-4-6-18(7-5-17)22-9-8-20(10-23(22)26)30-15-21(35-25(30)33)12-27-16(2)31/h4-11,14,21H,3,12-13,15H2,1-2H3,(H,27,31). The molecule has 1 unspecified atom stereocenters. The van der Waals surface area contributed by atoms with E-state index in [1.807, 2.05) is 12.1 Å². The summed E-state index contributed by atoms with van der Waals surface area (Å²) in [6, 6.07) is 11.9. The number of nitrogens with zero attached hydrogens (tertiary/aromatic N) is 3. The van der Waals surface area contributed by atoms with Crippen molar-refractivity contribution in [2.24, 2.45) is 0 Å². The number of anilines is 1. The molecule has 1 aliphatic heterocycles. The predicted molar refractivity (Wildman–Crippen MR) is 125 cm³/mol. The van der Waals surface area contributed by atoms with Crippen LogP contribution in [0.1, 0.15) is 29.8 Å². The van der Waals surface area contributed by atoms with Gasteiger partial charge in [0, 0.05) is 18.7 Å². The summed E-state index contributed by atoms with van der Waals surface area (Å²) in [6.07, 6.45) is 2.00. The number of hydrogen-bond acceptors (Lipinski definition) is 6. The zero-order valence-electron chi connectivity index (χ0n) is 19.4. The molecule has 1 N–H and O–H groups in total. The summed E-state index contributed by atoms with van der Waals surface area (Å²) in [5, 5.41) is 6.79. The molecule has 9 nitrogen and oxygen atoms in total. The van der Waals surface area contributed by atoms with E-state index in [2.05, 4.69) is 10.4 Å². The van der Waals surface area contributed by atoms with E-state index in [-0.39, 0.29) is 19.0 Å². The Bertz CT molecular complexity index is 1240. The summed E-state index contributed by atoms with van der Waals surface area (Å²) in [4.78, 5) is 36.4. The molecule has 1 saturated heterocycles. The van der Waals surface area contributed by atoms with Crippen molar-refractivity contribution in [1.82, 2.24) is 15.1 Å². The van der Waals surface area contributed by atoms with Crippen LogP contribution >= 0.6 is 0 Å². The molecule has 2 aromatic carbocycles. The molecule has 2 amide bonds. The highest BCUT2D eigenvalue weighted by atomic mass is 19.1. The van der Waals surface area contributed by atoms with Crippen LogP contribution in [0, 0.1) is 5.82 Å². The van der Waals surface area contributed by atoms with Gasteiger partial charge in [0.2, 0.25) is 5.91 Å². The van der Waals surface area contributed by atoms with Crippen molar-refractivity contribution in [3.8, 4) is 11.1 Å². The molecule has 3 aromatic rings. The molecular formula is C25H25FN4O5. The number of esters is 1. The van der Waals surface area contributed by atoms with Gasteiger partial charge in [0.15, 0.2) is 0 Å². The van der Waals surface area contributed by atoms with Crippen LogP contribution in [0.25, 0.3) is 11.1 Å². The van der Waals surface area contributed by atoms with Crippen LogP contribution in [-0.4, -0.2) is 53.6 Å². The van der Waals surface area contributed by atoms with Crippen molar-refractivity contribution in [1.29, 1.82) is 0 Å². The van der Waals surface area contributed by atoms with Gasteiger partial charge in [-0.05, 0) is 36.2 Å². The molecule has 0 bridgehead atoms. The average molecular weight is 480 g/mol. The van der Waals surface area contributed by atoms with Gasteiger partial charge in [0.05, 0.1) is 43.7 Å². The number of carbonyl (C=O) groups is 3. The van der Waals surface area contributed by atoms with Crippen molar-refractivity contribution < 1.29 is 28.2 Å². The van der Waals surface area contributed by atoms with Crippen molar-refractivity contribution in [2.45, 2.75) is 26.5 Å². The highest BCUT2D eigenvalue weighted by molar-refractivity contribution is 5.90. The van der Waals surface area contributed by atoms with Gasteiger partial charge in [-0.2, -0.15) is 5.10 Å². The van der Waals surface area contributed by atoms with Crippen LogP contribution in [0.3, 0.4) is 0 Å². The molecule has 0 saturated carbocycles. The summed E-state index contributed by atoms with van der Waals surface area (Å²) < 4.78 is 26.8. The number of rotatable bonds is 8. The van der Waals surface area contributed by atoms with Crippen LogP contribution in [0.4, 0.5) is 14.9 Å². The maximum Gasteiger partial charge on any atom is 0.414 e. The van der Waals surface area contributed by atoms with Crippen LogP contribution < -0.4 is 10.2 Å². The Balaban J connectivity index is 1.42. The number of aromatic nitrogens is 2. The number of cyclic esters (lactones) is 1. The first kappa shape index (κ1) is 23.9. The molecule has 182 valence electrons. The maximum absolute atomic E-state index is 15.0. The van der Waals surface area contributed by atoms with Crippen molar-refractivity contribution in [3.05, 3.63) is 71.8 Å². The Morgan fingerprint density at radius 2 is 2.00 bits per heavy atom. The molecule has 1 atom stereocenters. The second-order valence-corrected chi connectivity index (χ2v) is 8.06. The van der Waals surface area contributed by atoms with Gasteiger partial charge in [-0.15, -0.1) is 0 Å². The van der Waals surface area contributed by atoms with Gasteiger partial charge in [-0.25, -0.2) is 14.0 Å². The first-order valence-corrected chi connectivity index (χ1v) is 11.1. The Hall–Kier alpha value is -4.21. The summed E-state index contributed by atoms with van der Waals surface area (Å²) in [5.41, 5.74) is 2.77. The zero-order chi connectivity index (χ0) is 24.9. The van der Waals surface area contributed by atoms with E-state index in [0.717, 1.165) is 5.56 Å². The highest BCUT2D eigenvalue weighted by Crippen LogP contribution is 2.29. The minimum absolute atomic E-state index is 0.202. The summed E-state index contributed by atoms with van der Waals surface area (Å²) in [5.74, 6) is -1.11. The fourth-order valence-corrected chi connectivity index (χ4v) is 3.75. The third kappa shape index (κ3) is 5.65. The van der Waals surface area contributed by atoms with Gasteiger partial charge in [-0.3, -0.25) is 14.4 Å². The Kier molecular flexibility index (Phi) is 7.09. The van der Waals surface area contributed by atoms with E-state index >= 15 is 0 Å². The molecule has 4 rings (SSSR count). The first-order valence-electron chi connectivity index (χ1n) is 11.1. The minimum Gasteiger partial charge on any atom is -0.462 e. The third-order valence-corrected chi connectivity index (χ3v) is 5.47. The van der Waals surface area contributed by atoms with E-state index in [4.69, 9.17) is 9.47 Å². The van der Waals surface area contributed by atoms with E-state index in [0.29, 0.717) is 35.5 Å². The number of halogens is 1. The summed E-state index contributed by atoms with van der Waals surface area (Å²) >= 11 is 0. The Morgan fingerprint density at radius 1 is 1.23 bits per heavy atom. The Morgan fingerprint density at radius 3 is 2.69 bits per heavy atom. The molecule has 1 aromatic heterocycles. The van der Waals surface area contributed by atoms with Crippen molar-refractivity contribution >= 4 is 23.7 Å². The molecule has 10 heteroatoms. The minimum atomic E-state index is -0.582. The van der Waals surface area contributed by atoms with Crippen LogP contribution in [0.2, 0.25) is 0 Å². The van der Waals surface area contributed by atoms with Crippen LogP contribution in [0.5, 0.6) is 0 Å². The third-order valence-electron chi connectivity index (χ3n) is 5.47. The van der Waals surface area contributed by atoms with E-state index in [9.17, 15) is 18.8 Å². The fraction of sp³-hybridized carbons (Fsp3) is 0.280. The predicted octanol–water partition coefficient (Wildman–Crippen LogP) is 3.38. The maximum atomic E-state index is 15.0. The van der Waals surface area contributed by atoms with Crippen LogP contribution in [0.15, 0.2) is 54.9 Å². The van der Waals surface area contributed by atoms with Gasteiger partial charge in [0.1, 0.15) is 11.9 Å². The lowest BCUT2D eigenvalue weighted by molar-refractivity contribution is -0.119. The second kappa shape index (κ2) is 10.4. The first-order chi connectivity index (χ1) is 16.8. The van der Waals surface area contributed by atoms with Crippen LogP contribution in [-0.2, 0) is 20.8 Å². The van der Waals surface area contributed by atoms with Gasteiger partial charge < -0.3 is 14.8 Å². The van der Waals surface area contributed by atoms with Gasteiger partial charge in [-0.1, -0.05) is 24.3 Å². The molecule has 2 heterocycles. The lowest BCUT2D eigenvalue weighted by Gasteiger charge is -2.15. The molecule has 0 radical (unpaired) electrons. The highest BCUT2D eigenvalue weighted by Gasteiger charge is 2.32. The quantitative estimate of drug-likeness (QED) is 0.496. The smallest absolute Gasteiger partial charge is 0.414 e. The number of carbonyl (C=O) groups excluding carboxylic acids is 3. The zero-order valence-corrected chi connectivity index (χ0v) is 19.4. The monoisotopic (exact) mass is 480 g/mol. The number of nitrogens with one attached hydrogen (secondary N) is 1. The normalized spacial score (nSPS) is 15.1. The largest absolute Gasteiger partial charge is 0.462 e. The lowest BCUT2D eigenvalue weighted by atomic mass is 10.0. The fourth-order valence-electron chi connectivity index (χ4n) is 3.75.